The molecule has 7 heteroatoms. The molecule has 1 N–H and O–H groups in total. The summed E-state index contributed by atoms with van der Waals surface area (Å²) in [5, 5.41) is 3.78. The normalized spacial score (nSPS) is 19.1. The van der Waals surface area contributed by atoms with E-state index in [4.69, 9.17) is 4.52 Å². The Labute approximate surface area is 110 Å². The summed E-state index contributed by atoms with van der Waals surface area (Å²) < 4.78 is 5.16. The quantitative estimate of drug-likeness (QED) is 0.872. The Hall–Kier alpha value is -2.18. The molecule has 0 aromatic carbocycles. The first-order valence-electron chi connectivity index (χ1n) is 6.24. The summed E-state index contributed by atoms with van der Waals surface area (Å²) in [6.45, 7) is 4.94. The number of aryl methyl sites for hydroxylation is 2. The van der Waals surface area contributed by atoms with Crippen LogP contribution >= 0.6 is 0 Å². The van der Waals surface area contributed by atoms with E-state index in [2.05, 4.69) is 20.1 Å². The maximum Gasteiger partial charge on any atom is 0.289 e. The van der Waals surface area contributed by atoms with E-state index in [0.717, 1.165) is 12.1 Å². The number of nitrogens with zero attached hydrogens (tertiary/aromatic N) is 4. The number of nitrogens with one attached hydrogen (secondary N) is 1. The van der Waals surface area contributed by atoms with Crippen molar-refractivity contribution in [3.05, 3.63) is 29.4 Å². The van der Waals surface area contributed by atoms with Gasteiger partial charge in [-0.2, -0.15) is 4.98 Å². The van der Waals surface area contributed by atoms with E-state index in [1.54, 1.807) is 18.0 Å². The van der Waals surface area contributed by atoms with Crippen molar-refractivity contribution in [2.24, 2.45) is 0 Å². The van der Waals surface area contributed by atoms with E-state index >= 15 is 0 Å². The van der Waals surface area contributed by atoms with Gasteiger partial charge in [-0.05, 0) is 20.3 Å². The number of carbonyl (C=O) groups excluding carboxylic acids is 1. The number of likely N-dealkylation sites (tertiary alicyclic amines) is 1. The van der Waals surface area contributed by atoms with Gasteiger partial charge in [-0.3, -0.25) is 4.79 Å². The fourth-order valence-corrected chi connectivity index (χ4v) is 2.30. The third-order valence-corrected chi connectivity index (χ3v) is 3.27. The van der Waals surface area contributed by atoms with Gasteiger partial charge in [-0.1, -0.05) is 5.16 Å². The lowest BCUT2D eigenvalue weighted by Crippen LogP contribution is -2.29. The molecule has 0 saturated carbocycles. The predicted octanol–water partition coefficient (Wildman–Crippen LogP) is 1.04. The van der Waals surface area contributed by atoms with Gasteiger partial charge in [0.1, 0.15) is 0 Å². The monoisotopic (exact) mass is 261 g/mol. The molecular formula is C12H15N5O2. The lowest BCUT2D eigenvalue weighted by molar-refractivity contribution is 0.0778. The molecule has 1 amide bonds. The minimum atomic E-state index is -0.0770. The molecule has 1 atom stereocenters. The summed E-state index contributed by atoms with van der Waals surface area (Å²) in [6.07, 6.45) is 2.50. The van der Waals surface area contributed by atoms with Gasteiger partial charge in [0, 0.05) is 25.0 Å². The second-order valence-electron chi connectivity index (χ2n) is 4.83. The number of amides is 1. The number of carbonyl (C=O) groups is 1. The van der Waals surface area contributed by atoms with Gasteiger partial charge in [0.2, 0.25) is 5.89 Å². The number of hydrogen-bond acceptors (Lipinski definition) is 5. The maximum atomic E-state index is 12.2. The smallest absolute Gasteiger partial charge is 0.289 e. The van der Waals surface area contributed by atoms with E-state index < -0.39 is 0 Å². The Morgan fingerprint density at radius 1 is 1.53 bits per heavy atom. The van der Waals surface area contributed by atoms with E-state index in [1.807, 2.05) is 6.92 Å². The van der Waals surface area contributed by atoms with Crippen molar-refractivity contribution in [2.45, 2.75) is 26.2 Å². The fourth-order valence-electron chi connectivity index (χ4n) is 2.30. The van der Waals surface area contributed by atoms with Crippen LogP contribution < -0.4 is 0 Å². The molecule has 2 aromatic heterocycles. The summed E-state index contributed by atoms with van der Waals surface area (Å²) in [6, 6.07) is 0. The number of hydrogen-bond donors (Lipinski definition) is 1. The minimum absolute atomic E-state index is 0.0770. The lowest BCUT2D eigenvalue weighted by Gasteiger charge is -2.13. The molecule has 100 valence electrons. The summed E-state index contributed by atoms with van der Waals surface area (Å²) in [5.41, 5.74) is 0.881. The van der Waals surface area contributed by atoms with Crippen LogP contribution in [0, 0.1) is 13.8 Å². The first kappa shape index (κ1) is 11.9. The summed E-state index contributed by atoms with van der Waals surface area (Å²) in [4.78, 5) is 25.2. The van der Waals surface area contributed by atoms with Crippen LogP contribution in [-0.4, -0.2) is 44.0 Å². The Morgan fingerprint density at radius 2 is 2.37 bits per heavy atom. The second kappa shape index (κ2) is 4.49. The first-order chi connectivity index (χ1) is 9.13. The molecule has 7 nitrogen and oxygen atoms in total. The van der Waals surface area contributed by atoms with Gasteiger partial charge in [0.05, 0.1) is 5.92 Å². The highest BCUT2D eigenvalue weighted by Gasteiger charge is 2.32. The molecule has 1 saturated heterocycles. The molecule has 0 aliphatic carbocycles. The van der Waals surface area contributed by atoms with Gasteiger partial charge in [0.25, 0.3) is 5.91 Å². The van der Waals surface area contributed by atoms with Crippen LogP contribution in [0.1, 0.15) is 40.4 Å². The standard InChI is InChI=1S/C12H15N5O2/c1-7-5-13-10(14-7)12(18)17-4-3-9(6-17)11-15-8(2)16-19-11/h5,9H,3-4,6H2,1-2H3,(H,13,14)/t9-/m0/s1. The number of rotatable bonds is 2. The maximum absolute atomic E-state index is 12.2. The van der Waals surface area contributed by atoms with Crippen LogP contribution in [0.4, 0.5) is 0 Å². The van der Waals surface area contributed by atoms with Crippen molar-refractivity contribution >= 4 is 5.91 Å². The van der Waals surface area contributed by atoms with Crippen molar-refractivity contribution in [3.8, 4) is 0 Å². The Kier molecular flexibility index (Phi) is 2.81. The summed E-state index contributed by atoms with van der Waals surface area (Å²) in [7, 11) is 0. The zero-order valence-corrected chi connectivity index (χ0v) is 10.9. The number of imidazole rings is 1. The van der Waals surface area contributed by atoms with Crippen molar-refractivity contribution < 1.29 is 9.32 Å². The van der Waals surface area contributed by atoms with Crippen LogP contribution in [0.5, 0.6) is 0 Å². The van der Waals surface area contributed by atoms with Gasteiger partial charge in [0.15, 0.2) is 11.6 Å². The molecule has 0 radical (unpaired) electrons. The molecule has 3 rings (SSSR count). The highest BCUT2D eigenvalue weighted by Crippen LogP contribution is 2.26. The second-order valence-corrected chi connectivity index (χ2v) is 4.83. The van der Waals surface area contributed by atoms with Gasteiger partial charge >= 0.3 is 0 Å². The van der Waals surface area contributed by atoms with E-state index in [9.17, 15) is 4.79 Å². The molecule has 2 aromatic rings. The van der Waals surface area contributed by atoms with Crippen LogP contribution in [0.25, 0.3) is 0 Å². The van der Waals surface area contributed by atoms with E-state index in [1.165, 1.54) is 0 Å². The Bertz CT molecular complexity index is 603. The zero-order valence-electron chi connectivity index (χ0n) is 10.9. The van der Waals surface area contributed by atoms with Crippen LogP contribution in [-0.2, 0) is 0 Å². The van der Waals surface area contributed by atoms with E-state index in [-0.39, 0.29) is 11.8 Å². The zero-order chi connectivity index (χ0) is 13.4. The van der Waals surface area contributed by atoms with Crippen molar-refractivity contribution in [1.29, 1.82) is 0 Å². The van der Waals surface area contributed by atoms with Crippen molar-refractivity contribution in [1.82, 2.24) is 25.0 Å². The molecule has 1 aliphatic rings. The number of H-pyrrole nitrogens is 1. The predicted molar refractivity (Wildman–Crippen MR) is 65.6 cm³/mol. The van der Waals surface area contributed by atoms with Crippen LogP contribution in [0.2, 0.25) is 0 Å². The summed E-state index contributed by atoms with van der Waals surface area (Å²) in [5.74, 6) is 1.68. The third-order valence-electron chi connectivity index (χ3n) is 3.27. The highest BCUT2D eigenvalue weighted by atomic mass is 16.5. The fraction of sp³-hybridized carbons (Fsp3) is 0.500. The molecule has 19 heavy (non-hydrogen) atoms. The molecule has 1 fully saturated rings. The molecule has 1 aliphatic heterocycles. The molecule has 0 spiro atoms. The molecule has 3 heterocycles. The van der Waals surface area contributed by atoms with Crippen LogP contribution in [0.3, 0.4) is 0 Å². The van der Waals surface area contributed by atoms with Gasteiger partial charge in [-0.25, -0.2) is 4.98 Å². The molecule has 0 unspecified atom stereocenters. The van der Waals surface area contributed by atoms with Crippen molar-refractivity contribution in [2.75, 3.05) is 13.1 Å². The Morgan fingerprint density at radius 3 is 3.00 bits per heavy atom. The third kappa shape index (κ3) is 2.23. The van der Waals surface area contributed by atoms with E-state index in [0.29, 0.717) is 30.6 Å². The largest absolute Gasteiger partial charge is 0.339 e. The van der Waals surface area contributed by atoms with Gasteiger partial charge in [-0.15, -0.1) is 0 Å². The topological polar surface area (TPSA) is 87.9 Å². The first-order valence-corrected chi connectivity index (χ1v) is 6.24. The lowest BCUT2D eigenvalue weighted by atomic mass is 10.1. The SMILES string of the molecule is Cc1noc([C@H]2CCN(C(=O)c3ncc(C)[nH]3)C2)n1. The highest BCUT2D eigenvalue weighted by molar-refractivity contribution is 5.90. The Balaban J connectivity index is 1.70. The number of aromatic amines is 1. The van der Waals surface area contributed by atoms with Gasteiger partial charge < -0.3 is 14.4 Å². The van der Waals surface area contributed by atoms with Crippen LogP contribution in [0.15, 0.2) is 10.7 Å². The van der Waals surface area contributed by atoms with Crippen molar-refractivity contribution in [3.63, 3.8) is 0 Å². The number of aromatic nitrogens is 4. The average Bonchev–Trinajstić information content (AvgIpc) is 3.07. The molecular weight excluding hydrogens is 246 g/mol. The average molecular weight is 261 g/mol. The summed E-state index contributed by atoms with van der Waals surface area (Å²) >= 11 is 0. The molecule has 0 bridgehead atoms. The minimum Gasteiger partial charge on any atom is -0.339 e.